The fourth-order valence-electron chi connectivity index (χ4n) is 1.74. The molecule has 0 aliphatic rings. The number of nitrogens with zero attached hydrogens (tertiary/aromatic N) is 2. The zero-order valence-corrected chi connectivity index (χ0v) is 12.2. The number of ketones is 1. The second-order valence-electron chi connectivity index (χ2n) is 5.06. The van der Waals surface area contributed by atoms with Crippen LogP contribution >= 0.6 is 0 Å². The van der Waals surface area contributed by atoms with Crippen molar-refractivity contribution in [1.82, 2.24) is 9.80 Å². The van der Waals surface area contributed by atoms with E-state index in [1.54, 1.807) is 19.0 Å². The van der Waals surface area contributed by atoms with Gasteiger partial charge in [-0.05, 0) is 44.3 Å². The average molecular weight is 280 g/mol. The number of halogens is 1. The maximum Gasteiger partial charge on any atom is 0.236 e. The molecule has 0 bridgehead atoms. The SMILES string of the molecule is CN(CCCC(=O)c1ccc(F)cc1)CC(=O)N(C)C. The molecule has 0 fully saturated rings. The van der Waals surface area contributed by atoms with Gasteiger partial charge in [0.05, 0.1) is 6.54 Å². The van der Waals surface area contributed by atoms with Gasteiger partial charge in [0.25, 0.3) is 0 Å². The van der Waals surface area contributed by atoms with E-state index in [0.29, 0.717) is 31.5 Å². The lowest BCUT2D eigenvalue weighted by molar-refractivity contribution is -0.129. The van der Waals surface area contributed by atoms with Crippen LogP contribution in [0.3, 0.4) is 0 Å². The summed E-state index contributed by atoms with van der Waals surface area (Å²) in [6.07, 6.45) is 1.07. The van der Waals surface area contributed by atoms with Gasteiger partial charge in [-0.2, -0.15) is 0 Å². The number of rotatable bonds is 7. The molecule has 1 aromatic carbocycles. The third-order valence-electron chi connectivity index (χ3n) is 3.01. The Bertz CT molecular complexity index is 457. The molecule has 0 unspecified atom stereocenters. The smallest absolute Gasteiger partial charge is 0.236 e. The normalized spacial score (nSPS) is 10.7. The molecule has 0 saturated carbocycles. The highest BCUT2D eigenvalue weighted by Gasteiger charge is 2.10. The van der Waals surface area contributed by atoms with Crippen LogP contribution in [0.4, 0.5) is 4.39 Å². The fraction of sp³-hybridized carbons (Fsp3) is 0.467. The van der Waals surface area contributed by atoms with E-state index in [4.69, 9.17) is 0 Å². The summed E-state index contributed by atoms with van der Waals surface area (Å²) in [4.78, 5) is 26.8. The number of carbonyl (C=O) groups excluding carboxylic acids is 2. The molecule has 0 radical (unpaired) electrons. The Labute approximate surface area is 119 Å². The molecular formula is C15H21FN2O2. The fourth-order valence-corrected chi connectivity index (χ4v) is 1.74. The Morgan fingerprint density at radius 1 is 1.10 bits per heavy atom. The Balaban J connectivity index is 2.31. The van der Waals surface area contributed by atoms with E-state index in [1.165, 1.54) is 24.3 Å². The molecular weight excluding hydrogens is 259 g/mol. The van der Waals surface area contributed by atoms with E-state index in [-0.39, 0.29) is 17.5 Å². The van der Waals surface area contributed by atoms with Crippen molar-refractivity contribution in [3.05, 3.63) is 35.6 Å². The van der Waals surface area contributed by atoms with E-state index in [0.717, 1.165) is 0 Å². The predicted molar refractivity (Wildman–Crippen MR) is 76.2 cm³/mol. The number of carbonyl (C=O) groups is 2. The van der Waals surface area contributed by atoms with Crippen LogP contribution in [0.15, 0.2) is 24.3 Å². The Kier molecular flexibility index (Phi) is 6.31. The number of benzene rings is 1. The lowest BCUT2D eigenvalue weighted by atomic mass is 10.1. The minimum atomic E-state index is -0.344. The molecule has 110 valence electrons. The highest BCUT2D eigenvalue weighted by atomic mass is 19.1. The summed E-state index contributed by atoms with van der Waals surface area (Å²) in [6, 6.07) is 5.57. The molecule has 1 aromatic rings. The predicted octanol–water partition coefficient (Wildman–Crippen LogP) is 1.81. The van der Waals surface area contributed by atoms with Crippen LogP contribution < -0.4 is 0 Å². The van der Waals surface area contributed by atoms with Gasteiger partial charge in [-0.15, -0.1) is 0 Å². The van der Waals surface area contributed by atoms with Crippen molar-refractivity contribution in [2.45, 2.75) is 12.8 Å². The van der Waals surface area contributed by atoms with Crippen LogP contribution in [-0.4, -0.2) is 55.7 Å². The first-order valence-electron chi connectivity index (χ1n) is 6.57. The van der Waals surface area contributed by atoms with Crippen molar-refractivity contribution in [1.29, 1.82) is 0 Å². The van der Waals surface area contributed by atoms with Gasteiger partial charge in [0.1, 0.15) is 5.82 Å². The first-order valence-corrected chi connectivity index (χ1v) is 6.57. The number of amides is 1. The van der Waals surface area contributed by atoms with Crippen LogP contribution in [0.5, 0.6) is 0 Å². The molecule has 5 heteroatoms. The summed E-state index contributed by atoms with van der Waals surface area (Å²) in [5.41, 5.74) is 0.526. The highest BCUT2D eigenvalue weighted by Crippen LogP contribution is 2.07. The van der Waals surface area contributed by atoms with Crippen molar-refractivity contribution >= 4 is 11.7 Å². The Hall–Kier alpha value is -1.75. The molecule has 20 heavy (non-hydrogen) atoms. The molecule has 0 atom stereocenters. The molecule has 0 N–H and O–H groups in total. The summed E-state index contributed by atoms with van der Waals surface area (Å²) in [6.45, 7) is 1.02. The summed E-state index contributed by atoms with van der Waals surface area (Å²) < 4.78 is 12.7. The number of hydrogen-bond donors (Lipinski definition) is 0. The van der Waals surface area contributed by atoms with Crippen molar-refractivity contribution in [3.63, 3.8) is 0 Å². The second kappa shape index (κ2) is 7.75. The largest absolute Gasteiger partial charge is 0.348 e. The summed E-state index contributed by atoms with van der Waals surface area (Å²) in [5, 5.41) is 0. The van der Waals surface area contributed by atoms with Gasteiger partial charge < -0.3 is 4.90 Å². The molecule has 0 aliphatic carbocycles. The van der Waals surface area contributed by atoms with Gasteiger partial charge in [0.15, 0.2) is 5.78 Å². The Morgan fingerprint density at radius 2 is 1.70 bits per heavy atom. The summed E-state index contributed by atoms with van der Waals surface area (Å²) >= 11 is 0. The van der Waals surface area contributed by atoms with E-state index < -0.39 is 0 Å². The zero-order chi connectivity index (χ0) is 15.1. The van der Waals surface area contributed by atoms with E-state index in [1.807, 2.05) is 11.9 Å². The molecule has 1 rings (SSSR count). The lowest BCUT2D eigenvalue weighted by Crippen LogP contribution is -2.34. The summed E-state index contributed by atoms with van der Waals surface area (Å²) in [7, 11) is 5.28. The molecule has 0 aromatic heterocycles. The van der Waals surface area contributed by atoms with Crippen molar-refractivity contribution < 1.29 is 14.0 Å². The molecule has 0 aliphatic heterocycles. The van der Waals surface area contributed by atoms with Crippen LogP contribution in [-0.2, 0) is 4.79 Å². The maximum atomic E-state index is 12.7. The van der Waals surface area contributed by atoms with E-state index in [9.17, 15) is 14.0 Å². The summed E-state index contributed by atoms with van der Waals surface area (Å²) in [5.74, 6) is -0.307. The molecule has 0 heterocycles. The average Bonchev–Trinajstić information content (AvgIpc) is 2.39. The van der Waals surface area contributed by atoms with Gasteiger partial charge in [-0.1, -0.05) is 0 Å². The minimum absolute atomic E-state index is 0.00247. The first-order chi connectivity index (χ1) is 9.40. The number of Topliss-reactive ketones (excluding diaryl/α,β-unsaturated/α-hetero) is 1. The van der Waals surface area contributed by atoms with Gasteiger partial charge in [-0.25, -0.2) is 4.39 Å². The zero-order valence-electron chi connectivity index (χ0n) is 12.2. The third-order valence-corrected chi connectivity index (χ3v) is 3.01. The molecule has 4 nitrogen and oxygen atoms in total. The maximum absolute atomic E-state index is 12.7. The van der Waals surface area contributed by atoms with Crippen LogP contribution in [0.1, 0.15) is 23.2 Å². The van der Waals surface area contributed by atoms with Gasteiger partial charge >= 0.3 is 0 Å². The standard InChI is InChI=1S/C15H21FN2O2/c1-17(2)15(20)11-18(3)10-4-5-14(19)12-6-8-13(16)9-7-12/h6-9H,4-5,10-11H2,1-3H3. The number of hydrogen-bond acceptors (Lipinski definition) is 3. The Morgan fingerprint density at radius 3 is 2.25 bits per heavy atom. The van der Waals surface area contributed by atoms with Crippen molar-refractivity contribution in [2.75, 3.05) is 34.2 Å². The molecule has 0 saturated heterocycles. The van der Waals surface area contributed by atoms with Crippen LogP contribution in [0.25, 0.3) is 0 Å². The lowest BCUT2D eigenvalue weighted by Gasteiger charge is -2.18. The van der Waals surface area contributed by atoms with Crippen molar-refractivity contribution in [3.8, 4) is 0 Å². The number of likely N-dealkylation sites (N-methyl/N-ethyl adjacent to an activating group) is 2. The third kappa shape index (κ3) is 5.48. The molecule has 0 spiro atoms. The van der Waals surface area contributed by atoms with Crippen LogP contribution in [0, 0.1) is 5.82 Å². The van der Waals surface area contributed by atoms with Gasteiger partial charge in [0.2, 0.25) is 5.91 Å². The highest BCUT2D eigenvalue weighted by molar-refractivity contribution is 5.95. The van der Waals surface area contributed by atoms with Gasteiger partial charge in [-0.3, -0.25) is 14.5 Å². The van der Waals surface area contributed by atoms with Gasteiger partial charge in [0, 0.05) is 26.1 Å². The monoisotopic (exact) mass is 280 g/mol. The second-order valence-corrected chi connectivity index (χ2v) is 5.06. The molecule has 1 amide bonds. The van der Waals surface area contributed by atoms with Crippen molar-refractivity contribution in [2.24, 2.45) is 0 Å². The minimum Gasteiger partial charge on any atom is -0.348 e. The first kappa shape index (κ1) is 16.3. The topological polar surface area (TPSA) is 40.6 Å². The van der Waals surface area contributed by atoms with E-state index >= 15 is 0 Å². The quantitative estimate of drug-likeness (QED) is 0.715. The van der Waals surface area contributed by atoms with Crippen LogP contribution in [0.2, 0.25) is 0 Å². The van der Waals surface area contributed by atoms with E-state index in [2.05, 4.69) is 0 Å².